The first kappa shape index (κ1) is 18.1. The van der Waals surface area contributed by atoms with Gasteiger partial charge in [-0.25, -0.2) is 0 Å². The molecule has 0 fully saturated rings. The third-order valence-electron chi connectivity index (χ3n) is 4.54. The van der Waals surface area contributed by atoms with Crippen molar-refractivity contribution in [2.75, 3.05) is 5.32 Å². The monoisotopic (exact) mass is 365 g/mol. The van der Waals surface area contributed by atoms with E-state index >= 15 is 0 Å². The highest BCUT2D eigenvalue weighted by Crippen LogP contribution is 2.28. The largest absolute Gasteiger partial charge is 0.351 e. The van der Waals surface area contributed by atoms with Crippen molar-refractivity contribution < 1.29 is 4.79 Å². The number of nitrogens with one attached hydrogen (secondary N) is 3. The maximum Gasteiger partial charge on any atom is 0.255 e. The number of hydrogen-bond acceptors (Lipinski definition) is 2. The van der Waals surface area contributed by atoms with Crippen molar-refractivity contribution in [2.45, 2.75) is 33.2 Å². The van der Waals surface area contributed by atoms with Crippen LogP contribution >= 0.6 is 12.2 Å². The highest BCUT2D eigenvalue weighted by atomic mass is 32.1. The second-order valence-electron chi connectivity index (χ2n) is 6.49. The maximum absolute atomic E-state index is 13.0. The van der Waals surface area contributed by atoms with Gasteiger partial charge in [-0.2, -0.15) is 0 Å². The highest BCUT2D eigenvalue weighted by molar-refractivity contribution is 7.80. The van der Waals surface area contributed by atoms with Crippen LogP contribution in [0.15, 0.2) is 59.8 Å². The topological polar surface area (TPSA) is 53.2 Å². The lowest BCUT2D eigenvalue weighted by Gasteiger charge is -2.30. The van der Waals surface area contributed by atoms with Crippen LogP contribution in [0.3, 0.4) is 0 Å². The molecule has 2 aromatic carbocycles. The fourth-order valence-corrected chi connectivity index (χ4v) is 3.30. The molecule has 1 amide bonds. The molecular formula is C21H23N3OS. The number of allylic oxidation sites excluding steroid dienone is 1. The van der Waals surface area contributed by atoms with Gasteiger partial charge in [-0.1, -0.05) is 48.9 Å². The lowest BCUT2D eigenvalue weighted by molar-refractivity contribution is -0.113. The number of aryl methyl sites for hydroxylation is 2. The third kappa shape index (κ3) is 3.94. The van der Waals surface area contributed by atoms with E-state index in [9.17, 15) is 4.79 Å². The van der Waals surface area contributed by atoms with Gasteiger partial charge >= 0.3 is 0 Å². The number of thiocarbonyl (C=S) groups is 1. The van der Waals surface area contributed by atoms with Crippen LogP contribution < -0.4 is 16.0 Å². The highest BCUT2D eigenvalue weighted by Gasteiger charge is 2.29. The zero-order chi connectivity index (χ0) is 18.7. The van der Waals surface area contributed by atoms with Crippen LogP contribution in [-0.2, 0) is 11.2 Å². The Bertz CT molecular complexity index is 854. The standard InChI is InChI=1S/C21H23N3OS/c1-4-15-7-9-16(10-8-15)19-18(14(3)22-21(26)24-19)20(25)23-17-11-5-13(2)6-12-17/h5-12,19H,4H2,1-3H3,(H,23,25)(H2,22,24,26). The number of rotatable bonds is 4. The average molecular weight is 366 g/mol. The van der Waals surface area contributed by atoms with Crippen molar-refractivity contribution in [1.82, 2.24) is 10.6 Å². The molecule has 1 atom stereocenters. The van der Waals surface area contributed by atoms with Crippen molar-refractivity contribution in [3.05, 3.63) is 76.5 Å². The molecule has 2 aromatic rings. The molecule has 5 heteroatoms. The molecule has 3 N–H and O–H groups in total. The number of carbonyl (C=O) groups excluding carboxylic acids is 1. The summed E-state index contributed by atoms with van der Waals surface area (Å²) in [5, 5.41) is 9.81. The Labute approximate surface area is 159 Å². The van der Waals surface area contributed by atoms with Crippen molar-refractivity contribution >= 4 is 28.9 Å². The molecule has 0 spiro atoms. The summed E-state index contributed by atoms with van der Waals surface area (Å²) < 4.78 is 0. The molecule has 4 nitrogen and oxygen atoms in total. The normalized spacial score (nSPS) is 16.7. The first-order valence-corrected chi connectivity index (χ1v) is 9.14. The minimum absolute atomic E-state index is 0.140. The summed E-state index contributed by atoms with van der Waals surface area (Å²) in [7, 11) is 0. The number of carbonyl (C=O) groups is 1. The number of benzene rings is 2. The minimum atomic E-state index is -0.278. The van der Waals surface area contributed by atoms with Gasteiger partial charge < -0.3 is 16.0 Å². The van der Waals surface area contributed by atoms with Gasteiger partial charge in [-0.05, 0) is 55.7 Å². The van der Waals surface area contributed by atoms with Gasteiger partial charge in [0.05, 0.1) is 11.6 Å². The fourth-order valence-electron chi connectivity index (χ4n) is 3.03. The van der Waals surface area contributed by atoms with Gasteiger partial charge in [0, 0.05) is 11.4 Å². The lowest BCUT2D eigenvalue weighted by atomic mass is 9.94. The number of anilines is 1. The summed E-state index contributed by atoms with van der Waals surface area (Å²) in [6.45, 7) is 6.02. The predicted molar refractivity (Wildman–Crippen MR) is 110 cm³/mol. The summed E-state index contributed by atoms with van der Waals surface area (Å²) in [4.78, 5) is 13.0. The molecule has 0 aromatic heterocycles. The molecule has 0 saturated heterocycles. The average Bonchev–Trinajstić information content (AvgIpc) is 2.63. The van der Waals surface area contributed by atoms with Crippen LogP contribution in [0.5, 0.6) is 0 Å². The Hall–Kier alpha value is -2.66. The first-order valence-electron chi connectivity index (χ1n) is 8.73. The van der Waals surface area contributed by atoms with E-state index < -0.39 is 0 Å². The summed E-state index contributed by atoms with van der Waals surface area (Å²) >= 11 is 5.30. The van der Waals surface area contributed by atoms with E-state index in [1.807, 2.05) is 38.1 Å². The van der Waals surface area contributed by atoms with E-state index in [2.05, 4.69) is 47.1 Å². The summed E-state index contributed by atoms with van der Waals surface area (Å²) in [6.07, 6.45) is 0.980. The quantitative estimate of drug-likeness (QED) is 0.717. The van der Waals surface area contributed by atoms with Gasteiger partial charge in [0.15, 0.2) is 5.11 Å². The Morgan fingerprint density at radius 3 is 2.35 bits per heavy atom. The Balaban J connectivity index is 1.91. The fraction of sp³-hybridized carbons (Fsp3) is 0.238. The number of hydrogen-bond donors (Lipinski definition) is 3. The van der Waals surface area contributed by atoms with Crippen LogP contribution in [0.2, 0.25) is 0 Å². The van der Waals surface area contributed by atoms with Gasteiger partial charge in [0.2, 0.25) is 0 Å². The molecule has 0 radical (unpaired) electrons. The van der Waals surface area contributed by atoms with Crippen LogP contribution in [0.25, 0.3) is 0 Å². The first-order chi connectivity index (χ1) is 12.5. The summed E-state index contributed by atoms with van der Waals surface area (Å²) in [5.74, 6) is -0.140. The van der Waals surface area contributed by atoms with Crippen molar-refractivity contribution in [1.29, 1.82) is 0 Å². The van der Waals surface area contributed by atoms with Crippen molar-refractivity contribution in [3.8, 4) is 0 Å². The summed E-state index contributed by atoms with van der Waals surface area (Å²) in [5.41, 5.74) is 5.61. The minimum Gasteiger partial charge on any atom is -0.351 e. The second kappa shape index (κ2) is 7.70. The van der Waals surface area contributed by atoms with Crippen molar-refractivity contribution in [2.24, 2.45) is 0 Å². The Kier molecular flexibility index (Phi) is 5.38. The molecule has 26 heavy (non-hydrogen) atoms. The van der Waals surface area contributed by atoms with Crippen LogP contribution in [-0.4, -0.2) is 11.0 Å². The van der Waals surface area contributed by atoms with E-state index in [1.54, 1.807) is 0 Å². The van der Waals surface area contributed by atoms with E-state index in [1.165, 1.54) is 5.56 Å². The molecule has 134 valence electrons. The molecular weight excluding hydrogens is 342 g/mol. The van der Waals surface area contributed by atoms with Gasteiger partial charge in [-0.3, -0.25) is 4.79 Å². The van der Waals surface area contributed by atoms with Gasteiger partial charge in [-0.15, -0.1) is 0 Å². The Morgan fingerprint density at radius 1 is 1.08 bits per heavy atom. The second-order valence-corrected chi connectivity index (χ2v) is 6.89. The molecule has 0 bridgehead atoms. The molecule has 1 heterocycles. The van der Waals surface area contributed by atoms with Gasteiger partial charge in [0.25, 0.3) is 5.91 Å². The molecule has 0 saturated carbocycles. The SMILES string of the molecule is CCc1ccc(C2NC(=S)NC(C)=C2C(=O)Nc2ccc(C)cc2)cc1. The predicted octanol–water partition coefficient (Wildman–Crippen LogP) is 3.99. The maximum atomic E-state index is 13.0. The molecule has 1 aliphatic rings. The third-order valence-corrected chi connectivity index (χ3v) is 4.76. The lowest BCUT2D eigenvalue weighted by Crippen LogP contribution is -2.45. The smallest absolute Gasteiger partial charge is 0.255 e. The van der Waals surface area contributed by atoms with Crippen LogP contribution in [0, 0.1) is 6.92 Å². The number of amides is 1. The van der Waals surface area contributed by atoms with Gasteiger partial charge in [0.1, 0.15) is 0 Å². The van der Waals surface area contributed by atoms with E-state index in [-0.39, 0.29) is 11.9 Å². The zero-order valence-electron chi connectivity index (χ0n) is 15.2. The zero-order valence-corrected chi connectivity index (χ0v) is 16.0. The van der Waals surface area contributed by atoms with E-state index in [0.29, 0.717) is 10.7 Å². The Morgan fingerprint density at radius 2 is 1.73 bits per heavy atom. The molecule has 3 rings (SSSR count). The van der Waals surface area contributed by atoms with Crippen LogP contribution in [0.4, 0.5) is 5.69 Å². The molecule has 1 aliphatic heterocycles. The van der Waals surface area contributed by atoms with E-state index in [4.69, 9.17) is 12.2 Å². The van der Waals surface area contributed by atoms with Crippen molar-refractivity contribution in [3.63, 3.8) is 0 Å². The van der Waals surface area contributed by atoms with E-state index in [0.717, 1.165) is 28.9 Å². The molecule has 0 aliphatic carbocycles. The summed E-state index contributed by atoms with van der Waals surface area (Å²) in [6, 6.07) is 15.8. The molecule has 1 unspecified atom stereocenters. The van der Waals surface area contributed by atoms with Crippen LogP contribution in [0.1, 0.15) is 36.6 Å².